The lowest BCUT2D eigenvalue weighted by Gasteiger charge is -2.14. The van der Waals surface area contributed by atoms with Crippen molar-refractivity contribution in [1.82, 2.24) is 10.6 Å². The van der Waals surface area contributed by atoms with Gasteiger partial charge in [0.25, 0.3) is 0 Å². The zero-order valence-electron chi connectivity index (χ0n) is 12.7. The van der Waals surface area contributed by atoms with Gasteiger partial charge in [-0.1, -0.05) is 52.9 Å². The van der Waals surface area contributed by atoms with E-state index in [4.69, 9.17) is 0 Å². The number of hydrogen-bond acceptors (Lipinski definition) is 2. The number of carbonyl (C=O) groups is 1. The lowest BCUT2D eigenvalue weighted by atomic mass is 10.1. The third kappa shape index (κ3) is 10.6. The van der Waals surface area contributed by atoms with Crippen molar-refractivity contribution < 1.29 is 4.79 Å². The first-order chi connectivity index (χ1) is 8.57. The molecule has 2 N–H and O–H groups in total. The summed E-state index contributed by atoms with van der Waals surface area (Å²) in [5, 5.41) is 6.37. The zero-order chi connectivity index (χ0) is 13.8. The Kier molecular flexibility index (Phi) is 11.2. The zero-order valence-corrected chi connectivity index (χ0v) is 12.7. The van der Waals surface area contributed by atoms with Gasteiger partial charge >= 0.3 is 0 Å². The topological polar surface area (TPSA) is 41.1 Å². The molecule has 0 spiro atoms. The van der Waals surface area contributed by atoms with Crippen molar-refractivity contribution in [1.29, 1.82) is 0 Å². The predicted octanol–water partition coefficient (Wildman–Crippen LogP) is 3.10. The van der Waals surface area contributed by atoms with Crippen LogP contribution in [-0.2, 0) is 4.79 Å². The summed E-state index contributed by atoms with van der Waals surface area (Å²) in [6.07, 6.45) is 7.94. The molecule has 18 heavy (non-hydrogen) atoms. The van der Waals surface area contributed by atoms with E-state index in [1.807, 2.05) is 13.8 Å². The summed E-state index contributed by atoms with van der Waals surface area (Å²) in [6.45, 7) is 9.91. The fourth-order valence-corrected chi connectivity index (χ4v) is 1.86. The largest absolute Gasteiger partial charge is 0.355 e. The van der Waals surface area contributed by atoms with Gasteiger partial charge in [-0.15, -0.1) is 0 Å². The molecule has 0 aliphatic carbocycles. The van der Waals surface area contributed by atoms with E-state index in [2.05, 4.69) is 24.5 Å². The van der Waals surface area contributed by atoms with E-state index >= 15 is 0 Å². The maximum atomic E-state index is 11.3. The van der Waals surface area contributed by atoms with Gasteiger partial charge in [-0.3, -0.25) is 4.79 Å². The second-order valence-electron chi connectivity index (χ2n) is 5.50. The average molecular weight is 256 g/mol. The molecule has 1 amide bonds. The highest BCUT2D eigenvalue weighted by Crippen LogP contribution is 2.06. The smallest absolute Gasteiger partial charge is 0.222 e. The first-order valence-corrected chi connectivity index (χ1v) is 7.59. The van der Waals surface area contributed by atoms with Crippen LogP contribution in [0.2, 0.25) is 0 Å². The van der Waals surface area contributed by atoms with Crippen LogP contribution >= 0.6 is 0 Å². The monoisotopic (exact) mass is 256 g/mol. The molecule has 0 radical (unpaired) electrons. The Morgan fingerprint density at radius 2 is 1.67 bits per heavy atom. The fraction of sp³-hybridized carbons (Fsp3) is 0.933. The summed E-state index contributed by atoms with van der Waals surface area (Å²) in [5.74, 6) is 0.227. The third-order valence-electron chi connectivity index (χ3n) is 3.18. The SMILES string of the molecule is CCCCCCCC(C)NCCNC(=O)C(C)C. The predicted molar refractivity (Wildman–Crippen MR) is 78.7 cm³/mol. The van der Waals surface area contributed by atoms with E-state index in [-0.39, 0.29) is 11.8 Å². The molecule has 0 fully saturated rings. The Labute approximate surface area is 113 Å². The van der Waals surface area contributed by atoms with E-state index in [9.17, 15) is 4.79 Å². The van der Waals surface area contributed by atoms with Crippen molar-refractivity contribution in [3.8, 4) is 0 Å². The first-order valence-electron chi connectivity index (χ1n) is 7.59. The van der Waals surface area contributed by atoms with Crippen molar-refractivity contribution in [3.63, 3.8) is 0 Å². The lowest BCUT2D eigenvalue weighted by molar-refractivity contribution is -0.123. The molecule has 0 rings (SSSR count). The molecule has 0 aromatic carbocycles. The summed E-state index contributed by atoms with van der Waals surface area (Å²) in [7, 11) is 0. The van der Waals surface area contributed by atoms with E-state index in [1.54, 1.807) is 0 Å². The Morgan fingerprint density at radius 3 is 2.28 bits per heavy atom. The normalized spacial score (nSPS) is 12.7. The summed E-state index contributed by atoms with van der Waals surface area (Å²) in [6, 6.07) is 0.558. The third-order valence-corrected chi connectivity index (χ3v) is 3.18. The molecule has 1 unspecified atom stereocenters. The standard InChI is InChI=1S/C15H32N2O/c1-5-6-7-8-9-10-14(4)16-11-12-17-15(18)13(2)3/h13-14,16H,5-12H2,1-4H3,(H,17,18). The van der Waals surface area contributed by atoms with Gasteiger partial charge in [0.1, 0.15) is 0 Å². The van der Waals surface area contributed by atoms with Crippen LogP contribution in [-0.4, -0.2) is 25.0 Å². The van der Waals surface area contributed by atoms with Crippen LogP contribution in [0.4, 0.5) is 0 Å². The summed E-state index contributed by atoms with van der Waals surface area (Å²) >= 11 is 0. The van der Waals surface area contributed by atoms with Crippen molar-refractivity contribution in [2.24, 2.45) is 5.92 Å². The highest BCUT2D eigenvalue weighted by Gasteiger charge is 2.05. The number of amides is 1. The number of carbonyl (C=O) groups excluding carboxylic acids is 1. The Bertz CT molecular complexity index is 205. The summed E-state index contributed by atoms with van der Waals surface area (Å²) in [4.78, 5) is 11.3. The van der Waals surface area contributed by atoms with Crippen molar-refractivity contribution in [3.05, 3.63) is 0 Å². The maximum absolute atomic E-state index is 11.3. The van der Waals surface area contributed by atoms with Gasteiger partial charge in [-0.05, 0) is 13.3 Å². The van der Waals surface area contributed by atoms with Crippen LogP contribution in [0.25, 0.3) is 0 Å². The quantitative estimate of drug-likeness (QED) is 0.558. The van der Waals surface area contributed by atoms with Gasteiger partial charge in [0, 0.05) is 25.0 Å². The highest BCUT2D eigenvalue weighted by molar-refractivity contribution is 5.77. The number of hydrogen-bond donors (Lipinski definition) is 2. The van der Waals surface area contributed by atoms with Gasteiger partial charge in [0.15, 0.2) is 0 Å². The van der Waals surface area contributed by atoms with E-state index in [1.165, 1.54) is 38.5 Å². The van der Waals surface area contributed by atoms with Gasteiger partial charge in [0.05, 0.1) is 0 Å². The molecule has 1 atom stereocenters. The minimum atomic E-state index is 0.0842. The lowest BCUT2D eigenvalue weighted by Crippen LogP contribution is -2.37. The Morgan fingerprint density at radius 1 is 1.00 bits per heavy atom. The van der Waals surface area contributed by atoms with Crippen LogP contribution in [0, 0.1) is 5.92 Å². The molecule has 3 nitrogen and oxygen atoms in total. The molecular weight excluding hydrogens is 224 g/mol. The highest BCUT2D eigenvalue weighted by atomic mass is 16.1. The molecule has 0 heterocycles. The van der Waals surface area contributed by atoms with Gasteiger partial charge in [-0.25, -0.2) is 0 Å². The Hall–Kier alpha value is -0.570. The number of unbranched alkanes of at least 4 members (excludes halogenated alkanes) is 4. The molecule has 3 heteroatoms. The van der Waals surface area contributed by atoms with Crippen LogP contribution in [0.15, 0.2) is 0 Å². The molecule has 0 aliphatic rings. The molecular formula is C15H32N2O. The maximum Gasteiger partial charge on any atom is 0.222 e. The van der Waals surface area contributed by atoms with Crippen LogP contribution in [0.5, 0.6) is 0 Å². The molecule has 0 aliphatic heterocycles. The van der Waals surface area contributed by atoms with Crippen LogP contribution < -0.4 is 10.6 Å². The van der Waals surface area contributed by atoms with Crippen molar-refractivity contribution >= 4 is 5.91 Å². The number of rotatable bonds is 11. The molecule has 0 saturated heterocycles. The Balaban J connectivity index is 3.31. The van der Waals surface area contributed by atoms with E-state index in [0.29, 0.717) is 6.04 Å². The molecule has 0 aromatic rings. The van der Waals surface area contributed by atoms with Crippen LogP contribution in [0.3, 0.4) is 0 Å². The fourth-order valence-electron chi connectivity index (χ4n) is 1.86. The van der Waals surface area contributed by atoms with Crippen LogP contribution in [0.1, 0.15) is 66.2 Å². The molecule has 0 bridgehead atoms. The van der Waals surface area contributed by atoms with E-state index < -0.39 is 0 Å². The molecule has 0 saturated carbocycles. The second kappa shape index (κ2) is 11.5. The van der Waals surface area contributed by atoms with Crippen molar-refractivity contribution in [2.45, 2.75) is 72.3 Å². The van der Waals surface area contributed by atoms with Gasteiger partial charge in [-0.2, -0.15) is 0 Å². The first kappa shape index (κ1) is 17.4. The van der Waals surface area contributed by atoms with Gasteiger partial charge < -0.3 is 10.6 Å². The average Bonchev–Trinajstić information content (AvgIpc) is 2.34. The van der Waals surface area contributed by atoms with E-state index in [0.717, 1.165) is 13.1 Å². The molecule has 108 valence electrons. The second-order valence-corrected chi connectivity index (χ2v) is 5.50. The summed E-state index contributed by atoms with van der Waals surface area (Å²) < 4.78 is 0. The number of nitrogens with one attached hydrogen (secondary N) is 2. The summed E-state index contributed by atoms with van der Waals surface area (Å²) in [5.41, 5.74) is 0. The van der Waals surface area contributed by atoms with Crippen molar-refractivity contribution in [2.75, 3.05) is 13.1 Å². The van der Waals surface area contributed by atoms with Gasteiger partial charge in [0.2, 0.25) is 5.91 Å². The minimum absolute atomic E-state index is 0.0842. The molecule has 0 aromatic heterocycles. The minimum Gasteiger partial charge on any atom is -0.355 e.